The fraction of sp³-hybridized carbons (Fsp3) is 0.474. The average molecular weight is 333 g/mol. The highest BCUT2D eigenvalue weighted by molar-refractivity contribution is 5.92. The predicted molar refractivity (Wildman–Crippen MR) is 94.8 cm³/mol. The van der Waals surface area contributed by atoms with Crippen LogP contribution in [0.1, 0.15) is 39.2 Å². The van der Waals surface area contributed by atoms with Crippen molar-refractivity contribution in [1.82, 2.24) is 4.90 Å². The van der Waals surface area contributed by atoms with Crippen molar-refractivity contribution in [2.24, 2.45) is 0 Å². The van der Waals surface area contributed by atoms with Crippen LogP contribution in [0, 0.1) is 0 Å². The molecule has 0 heterocycles. The van der Waals surface area contributed by atoms with E-state index in [9.17, 15) is 9.59 Å². The minimum absolute atomic E-state index is 0.117. The lowest BCUT2D eigenvalue weighted by atomic mass is 10.2. The monoisotopic (exact) mass is 333 g/mol. The third kappa shape index (κ3) is 7.31. The van der Waals surface area contributed by atoms with Crippen LogP contribution in [0.15, 0.2) is 30.3 Å². The molecule has 5 heteroatoms. The van der Waals surface area contributed by atoms with Gasteiger partial charge in [-0.1, -0.05) is 19.1 Å². The third-order valence-corrected chi connectivity index (χ3v) is 3.36. The maximum Gasteiger partial charge on any atom is 0.307 e. The Hall–Kier alpha value is -2.30. The van der Waals surface area contributed by atoms with Crippen LogP contribution < -0.4 is 4.74 Å². The molecule has 0 aliphatic rings. The van der Waals surface area contributed by atoms with E-state index in [0.717, 1.165) is 17.7 Å². The lowest BCUT2D eigenvalue weighted by Crippen LogP contribution is -2.31. The Bertz CT molecular complexity index is 537. The summed E-state index contributed by atoms with van der Waals surface area (Å²) < 4.78 is 10.4. The zero-order valence-corrected chi connectivity index (χ0v) is 14.8. The highest BCUT2D eigenvalue weighted by Gasteiger charge is 2.11. The second-order valence-electron chi connectivity index (χ2n) is 5.22. The number of hydrogen-bond donors (Lipinski definition) is 0. The number of nitrogens with zero attached hydrogens (tertiary/aromatic N) is 1. The highest BCUT2D eigenvalue weighted by Crippen LogP contribution is 2.13. The molecule has 1 aromatic carbocycles. The summed E-state index contributed by atoms with van der Waals surface area (Å²) in [6, 6.07) is 7.59. The molecule has 0 saturated heterocycles. The molecule has 0 radical (unpaired) electrons. The van der Waals surface area contributed by atoms with Crippen LogP contribution in [0.5, 0.6) is 5.75 Å². The van der Waals surface area contributed by atoms with Crippen molar-refractivity contribution in [2.75, 3.05) is 26.3 Å². The Labute approximate surface area is 144 Å². The first-order valence-corrected chi connectivity index (χ1v) is 8.46. The Kier molecular flexibility index (Phi) is 9.27. The van der Waals surface area contributed by atoms with Crippen LogP contribution in [0.2, 0.25) is 0 Å². The Morgan fingerprint density at radius 3 is 2.42 bits per heavy atom. The average Bonchev–Trinajstić information content (AvgIpc) is 2.59. The van der Waals surface area contributed by atoms with E-state index in [2.05, 4.69) is 6.92 Å². The normalized spacial score (nSPS) is 10.6. The zero-order chi connectivity index (χ0) is 17.8. The molecule has 1 amide bonds. The van der Waals surface area contributed by atoms with Gasteiger partial charge in [0.2, 0.25) is 5.91 Å². The Morgan fingerprint density at radius 2 is 1.83 bits per heavy atom. The minimum atomic E-state index is -0.282. The number of benzene rings is 1. The number of esters is 1. The lowest BCUT2D eigenvalue weighted by molar-refractivity contribution is -0.143. The number of ether oxygens (including phenoxy) is 2. The molecule has 0 saturated carbocycles. The van der Waals surface area contributed by atoms with E-state index in [-0.39, 0.29) is 18.3 Å². The molecule has 5 nitrogen and oxygen atoms in total. The maximum absolute atomic E-state index is 12.2. The van der Waals surface area contributed by atoms with E-state index in [4.69, 9.17) is 9.47 Å². The fourth-order valence-corrected chi connectivity index (χ4v) is 2.05. The molecule has 24 heavy (non-hydrogen) atoms. The van der Waals surface area contributed by atoms with Gasteiger partial charge in [-0.2, -0.15) is 0 Å². The molecule has 0 unspecified atom stereocenters. The van der Waals surface area contributed by atoms with Crippen LogP contribution >= 0.6 is 0 Å². The zero-order valence-electron chi connectivity index (χ0n) is 14.8. The van der Waals surface area contributed by atoms with Crippen molar-refractivity contribution in [3.63, 3.8) is 0 Å². The van der Waals surface area contributed by atoms with Crippen LogP contribution in [-0.2, 0) is 14.3 Å². The number of amides is 1. The van der Waals surface area contributed by atoms with Gasteiger partial charge in [-0.25, -0.2) is 0 Å². The van der Waals surface area contributed by atoms with Crippen molar-refractivity contribution in [3.05, 3.63) is 35.9 Å². The summed E-state index contributed by atoms with van der Waals surface area (Å²) in [7, 11) is 0. The molecule has 0 atom stereocenters. The van der Waals surface area contributed by atoms with Gasteiger partial charge < -0.3 is 14.4 Å². The molecule has 1 aromatic rings. The van der Waals surface area contributed by atoms with Gasteiger partial charge in [0.25, 0.3) is 0 Å². The van der Waals surface area contributed by atoms with E-state index in [0.29, 0.717) is 26.3 Å². The molecule has 0 bridgehead atoms. The summed E-state index contributed by atoms with van der Waals surface area (Å²) in [6.07, 6.45) is 4.47. The van der Waals surface area contributed by atoms with Gasteiger partial charge in [0.05, 0.1) is 19.6 Å². The summed E-state index contributed by atoms with van der Waals surface area (Å²) in [5.41, 5.74) is 0.925. The van der Waals surface area contributed by atoms with Gasteiger partial charge in [-0.3, -0.25) is 9.59 Å². The summed E-state index contributed by atoms with van der Waals surface area (Å²) in [4.78, 5) is 25.2. The standard InChI is InChI=1S/C19H27NO4/c1-4-15-24-17-10-7-16(8-11-17)9-12-18(21)20(5-2)14-13-19(22)23-6-3/h7-12H,4-6,13-15H2,1-3H3/b12-9+. The van der Waals surface area contributed by atoms with E-state index in [1.54, 1.807) is 17.9 Å². The highest BCUT2D eigenvalue weighted by atomic mass is 16.5. The number of carbonyl (C=O) groups is 2. The van der Waals surface area contributed by atoms with Gasteiger partial charge in [0.15, 0.2) is 0 Å². The quantitative estimate of drug-likeness (QED) is 0.487. The van der Waals surface area contributed by atoms with Gasteiger partial charge in [-0.15, -0.1) is 0 Å². The van der Waals surface area contributed by atoms with Crippen molar-refractivity contribution >= 4 is 18.0 Å². The molecule has 0 aromatic heterocycles. The minimum Gasteiger partial charge on any atom is -0.494 e. The van der Waals surface area contributed by atoms with Gasteiger partial charge in [0.1, 0.15) is 5.75 Å². The van der Waals surface area contributed by atoms with E-state index in [1.165, 1.54) is 6.08 Å². The summed E-state index contributed by atoms with van der Waals surface area (Å²) in [5.74, 6) is 0.424. The fourth-order valence-electron chi connectivity index (χ4n) is 2.05. The molecule has 0 fully saturated rings. The smallest absolute Gasteiger partial charge is 0.307 e. The van der Waals surface area contributed by atoms with Crippen molar-refractivity contribution in [3.8, 4) is 5.75 Å². The van der Waals surface area contributed by atoms with Crippen LogP contribution in [-0.4, -0.2) is 43.1 Å². The lowest BCUT2D eigenvalue weighted by Gasteiger charge is -2.18. The SMILES string of the molecule is CCCOc1ccc(/C=C/C(=O)N(CC)CCC(=O)OCC)cc1. The maximum atomic E-state index is 12.2. The third-order valence-electron chi connectivity index (χ3n) is 3.36. The molecule has 0 aliphatic heterocycles. The first kappa shape index (κ1) is 19.7. The molecule has 0 aliphatic carbocycles. The number of carbonyl (C=O) groups excluding carboxylic acids is 2. The summed E-state index contributed by atoms with van der Waals surface area (Å²) in [6.45, 7) is 7.67. The molecule has 132 valence electrons. The Balaban J connectivity index is 2.54. The Morgan fingerprint density at radius 1 is 1.12 bits per heavy atom. The van der Waals surface area contributed by atoms with Gasteiger partial charge >= 0.3 is 5.97 Å². The summed E-state index contributed by atoms with van der Waals surface area (Å²) in [5, 5.41) is 0. The van der Waals surface area contributed by atoms with Crippen molar-refractivity contribution < 1.29 is 19.1 Å². The first-order valence-electron chi connectivity index (χ1n) is 8.46. The summed E-state index contributed by atoms with van der Waals surface area (Å²) >= 11 is 0. The van der Waals surface area contributed by atoms with E-state index in [1.807, 2.05) is 31.2 Å². The first-order chi connectivity index (χ1) is 11.6. The number of likely N-dealkylation sites (N-methyl/N-ethyl adjacent to an activating group) is 1. The second kappa shape index (κ2) is 11.3. The number of rotatable bonds is 10. The second-order valence-corrected chi connectivity index (χ2v) is 5.22. The molecular formula is C19H27NO4. The van der Waals surface area contributed by atoms with E-state index < -0.39 is 0 Å². The molecular weight excluding hydrogens is 306 g/mol. The van der Waals surface area contributed by atoms with Crippen LogP contribution in [0.25, 0.3) is 6.08 Å². The van der Waals surface area contributed by atoms with E-state index >= 15 is 0 Å². The van der Waals surface area contributed by atoms with Crippen LogP contribution in [0.3, 0.4) is 0 Å². The molecule has 0 spiro atoms. The van der Waals surface area contributed by atoms with Gasteiger partial charge in [-0.05, 0) is 44.0 Å². The van der Waals surface area contributed by atoms with Crippen molar-refractivity contribution in [2.45, 2.75) is 33.6 Å². The topological polar surface area (TPSA) is 55.8 Å². The molecule has 0 N–H and O–H groups in total. The molecule has 1 rings (SSSR count). The largest absolute Gasteiger partial charge is 0.494 e. The number of hydrogen-bond acceptors (Lipinski definition) is 4. The predicted octanol–water partition coefficient (Wildman–Crippen LogP) is 3.29. The van der Waals surface area contributed by atoms with Gasteiger partial charge in [0, 0.05) is 19.2 Å². The van der Waals surface area contributed by atoms with Crippen molar-refractivity contribution in [1.29, 1.82) is 0 Å². The van der Waals surface area contributed by atoms with Crippen LogP contribution in [0.4, 0.5) is 0 Å².